The van der Waals surface area contributed by atoms with Gasteiger partial charge in [-0.1, -0.05) is 23.8 Å². The second-order valence-electron chi connectivity index (χ2n) is 2.33. The van der Waals surface area contributed by atoms with E-state index in [9.17, 15) is 0 Å². The molecule has 0 aromatic heterocycles. The van der Waals surface area contributed by atoms with Crippen LogP contribution in [0, 0.1) is 0 Å². The molecule has 0 amide bonds. The van der Waals surface area contributed by atoms with Crippen molar-refractivity contribution in [1.82, 2.24) is 0 Å². The van der Waals surface area contributed by atoms with Crippen molar-refractivity contribution >= 4 is 11.6 Å². The predicted octanol–water partition coefficient (Wildman–Crippen LogP) is 2.30. The zero-order valence-corrected chi connectivity index (χ0v) is 6.65. The second kappa shape index (κ2) is 2.93. The maximum Gasteiger partial charge on any atom is 0.0277 e. The fourth-order valence-corrected chi connectivity index (χ4v) is 0.888. The topological polar surface area (TPSA) is 26.0 Å². The zero-order chi connectivity index (χ0) is 7.56. The number of hydrogen-bond donors (Lipinski definition) is 1. The number of halogens is 1. The summed E-state index contributed by atoms with van der Waals surface area (Å²) in [4.78, 5) is 0. The van der Waals surface area contributed by atoms with Crippen molar-refractivity contribution in [2.45, 2.75) is 13.3 Å². The van der Waals surface area contributed by atoms with E-state index in [0.29, 0.717) is 0 Å². The molecule has 0 aromatic carbocycles. The first kappa shape index (κ1) is 7.42. The van der Waals surface area contributed by atoms with Crippen molar-refractivity contribution in [3.05, 3.63) is 34.5 Å². The molecule has 0 heterocycles. The van der Waals surface area contributed by atoms with Crippen LogP contribution in [0.15, 0.2) is 34.5 Å². The van der Waals surface area contributed by atoms with Crippen LogP contribution < -0.4 is 5.73 Å². The summed E-state index contributed by atoms with van der Waals surface area (Å²) in [6.45, 7) is 1.98. The fraction of sp³-hybridized carbons (Fsp3) is 0.250. The van der Waals surface area contributed by atoms with Crippen LogP contribution >= 0.6 is 11.6 Å². The van der Waals surface area contributed by atoms with E-state index in [2.05, 4.69) is 0 Å². The van der Waals surface area contributed by atoms with Crippen molar-refractivity contribution in [3.8, 4) is 0 Å². The normalized spacial score (nSPS) is 18.8. The number of rotatable bonds is 0. The van der Waals surface area contributed by atoms with E-state index < -0.39 is 0 Å². The molecular formula is C8H10ClN. The van der Waals surface area contributed by atoms with Gasteiger partial charge in [-0.15, -0.1) is 0 Å². The van der Waals surface area contributed by atoms with Crippen molar-refractivity contribution in [1.29, 1.82) is 0 Å². The smallest absolute Gasteiger partial charge is 0.0277 e. The fourth-order valence-electron chi connectivity index (χ4n) is 0.748. The zero-order valence-electron chi connectivity index (χ0n) is 5.89. The van der Waals surface area contributed by atoms with Crippen molar-refractivity contribution in [2.75, 3.05) is 0 Å². The monoisotopic (exact) mass is 155 g/mol. The van der Waals surface area contributed by atoms with E-state index >= 15 is 0 Å². The first-order chi connectivity index (χ1) is 4.70. The number of hydrogen-bond acceptors (Lipinski definition) is 1. The highest BCUT2D eigenvalue weighted by atomic mass is 35.5. The molecule has 0 unspecified atom stereocenters. The summed E-state index contributed by atoms with van der Waals surface area (Å²) in [6, 6.07) is 0. The first-order valence-electron chi connectivity index (χ1n) is 3.19. The van der Waals surface area contributed by atoms with Crippen molar-refractivity contribution in [2.24, 2.45) is 5.73 Å². The summed E-state index contributed by atoms with van der Waals surface area (Å²) < 4.78 is 0. The minimum absolute atomic E-state index is 0.756. The summed E-state index contributed by atoms with van der Waals surface area (Å²) in [6.07, 6.45) is 6.47. The van der Waals surface area contributed by atoms with Gasteiger partial charge in [-0.2, -0.15) is 0 Å². The van der Waals surface area contributed by atoms with Gasteiger partial charge in [0, 0.05) is 17.2 Å². The first-order valence-corrected chi connectivity index (χ1v) is 3.57. The average Bonchev–Trinajstić information content (AvgIpc) is 2.04. The summed E-state index contributed by atoms with van der Waals surface area (Å²) in [5.41, 5.74) is 7.43. The van der Waals surface area contributed by atoms with E-state index in [-0.39, 0.29) is 0 Å². The summed E-state index contributed by atoms with van der Waals surface area (Å²) >= 11 is 5.87. The Balaban J connectivity index is 2.89. The van der Waals surface area contributed by atoms with Crippen LogP contribution in [0.4, 0.5) is 0 Å². The van der Waals surface area contributed by atoms with Crippen LogP contribution in [-0.4, -0.2) is 0 Å². The predicted molar refractivity (Wildman–Crippen MR) is 44.6 cm³/mol. The Morgan fingerprint density at radius 2 is 2.20 bits per heavy atom. The molecule has 0 radical (unpaired) electrons. The molecule has 10 heavy (non-hydrogen) atoms. The lowest BCUT2D eigenvalue weighted by Gasteiger charge is -1.92. The van der Waals surface area contributed by atoms with Crippen LogP contribution in [0.25, 0.3) is 0 Å². The van der Waals surface area contributed by atoms with Gasteiger partial charge in [0.15, 0.2) is 0 Å². The summed E-state index contributed by atoms with van der Waals surface area (Å²) in [5, 5.41) is 0.872. The van der Waals surface area contributed by atoms with Gasteiger partial charge in [0.05, 0.1) is 0 Å². The quantitative estimate of drug-likeness (QED) is 0.571. The SMILES string of the molecule is CC1=C(Cl)CC=C(N)C=C1. The Labute approximate surface area is 65.9 Å². The summed E-state index contributed by atoms with van der Waals surface area (Å²) in [7, 11) is 0. The Morgan fingerprint density at radius 3 is 2.90 bits per heavy atom. The molecule has 1 rings (SSSR count). The molecule has 0 fully saturated rings. The van der Waals surface area contributed by atoms with Gasteiger partial charge in [0.1, 0.15) is 0 Å². The Kier molecular flexibility index (Phi) is 2.17. The average molecular weight is 156 g/mol. The van der Waals surface area contributed by atoms with Gasteiger partial charge >= 0.3 is 0 Å². The highest BCUT2D eigenvalue weighted by Gasteiger charge is 1.98. The van der Waals surface area contributed by atoms with E-state index in [4.69, 9.17) is 17.3 Å². The van der Waals surface area contributed by atoms with E-state index in [1.807, 2.05) is 25.2 Å². The molecule has 54 valence electrons. The highest BCUT2D eigenvalue weighted by Crippen LogP contribution is 2.18. The number of nitrogens with two attached hydrogens (primary N) is 1. The van der Waals surface area contributed by atoms with Crippen molar-refractivity contribution in [3.63, 3.8) is 0 Å². The molecule has 0 aromatic rings. The van der Waals surface area contributed by atoms with E-state index in [1.165, 1.54) is 0 Å². The van der Waals surface area contributed by atoms with Crippen molar-refractivity contribution < 1.29 is 0 Å². The maximum atomic E-state index is 5.87. The molecule has 0 saturated carbocycles. The van der Waals surface area contributed by atoms with Gasteiger partial charge in [-0.3, -0.25) is 0 Å². The second-order valence-corrected chi connectivity index (χ2v) is 2.79. The summed E-state index contributed by atoms with van der Waals surface area (Å²) in [5.74, 6) is 0. The minimum atomic E-state index is 0.756. The molecule has 1 aliphatic rings. The Morgan fingerprint density at radius 1 is 1.50 bits per heavy atom. The highest BCUT2D eigenvalue weighted by molar-refractivity contribution is 6.30. The lowest BCUT2D eigenvalue weighted by atomic mass is 10.2. The maximum absolute atomic E-state index is 5.87. The van der Waals surface area contributed by atoms with Crippen LogP contribution in [0.3, 0.4) is 0 Å². The lowest BCUT2D eigenvalue weighted by molar-refractivity contribution is 1.27. The van der Waals surface area contributed by atoms with Crippen LogP contribution in [-0.2, 0) is 0 Å². The van der Waals surface area contributed by atoms with Gasteiger partial charge in [-0.05, 0) is 18.6 Å². The molecular weight excluding hydrogens is 146 g/mol. The third-order valence-electron chi connectivity index (χ3n) is 1.47. The van der Waals surface area contributed by atoms with E-state index in [1.54, 1.807) is 0 Å². The molecule has 0 saturated heterocycles. The third kappa shape index (κ3) is 1.64. The number of allylic oxidation sites excluding steroid dienone is 5. The minimum Gasteiger partial charge on any atom is -0.399 e. The largest absolute Gasteiger partial charge is 0.399 e. The standard InChI is InChI=1S/C8H10ClN/c1-6-2-3-7(10)4-5-8(6)9/h2-4H,5,10H2,1H3. The molecule has 1 aliphatic carbocycles. The van der Waals surface area contributed by atoms with Crippen LogP contribution in [0.2, 0.25) is 0 Å². The molecule has 0 aliphatic heterocycles. The molecule has 0 spiro atoms. The lowest BCUT2D eigenvalue weighted by Crippen LogP contribution is -1.90. The Bertz CT molecular complexity index is 223. The van der Waals surface area contributed by atoms with Gasteiger partial charge < -0.3 is 5.73 Å². The van der Waals surface area contributed by atoms with Gasteiger partial charge in [-0.25, -0.2) is 0 Å². The van der Waals surface area contributed by atoms with E-state index in [0.717, 1.165) is 22.7 Å². The molecule has 2 heteroatoms. The Hall–Kier alpha value is -0.690. The molecule has 0 bridgehead atoms. The molecule has 2 N–H and O–H groups in total. The van der Waals surface area contributed by atoms with Crippen LogP contribution in [0.5, 0.6) is 0 Å². The third-order valence-corrected chi connectivity index (χ3v) is 1.92. The molecule has 0 atom stereocenters. The molecule has 1 nitrogen and oxygen atoms in total. The van der Waals surface area contributed by atoms with Gasteiger partial charge in [0.25, 0.3) is 0 Å². The van der Waals surface area contributed by atoms with Gasteiger partial charge in [0.2, 0.25) is 0 Å². The van der Waals surface area contributed by atoms with Crippen LogP contribution in [0.1, 0.15) is 13.3 Å².